The second-order valence-electron chi connectivity index (χ2n) is 6.17. The lowest BCUT2D eigenvalue weighted by atomic mass is 9.77. The van der Waals surface area contributed by atoms with Gasteiger partial charge in [-0.1, -0.05) is 24.3 Å². The number of ether oxygens (including phenoxy) is 1. The average molecular weight is 261 g/mol. The summed E-state index contributed by atoms with van der Waals surface area (Å²) in [4.78, 5) is 0. The number of hydrogen-bond donors (Lipinski definition) is 1. The first kappa shape index (κ1) is 14.5. The Morgan fingerprint density at radius 1 is 1.37 bits per heavy atom. The number of likely N-dealkylation sites (N-methyl/N-ethyl adjacent to an activating group) is 1. The first-order valence-corrected chi connectivity index (χ1v) is 7.38. The topological polar surface area (TPSA) is 21.3 Å². The van der Waals surface area contributed by atoms with Gasteiger partial charge in [-0.2, -0.15) is 0 Å². The van der Waals surface area contributed by atoms with Crippen molar-refractivity contribution in [1.29, 1.82) is 0 Å². The van der Waals surface area contributed by atoms with Crippen molar-refractivity contribution in [3.05, 3.63) is 35.4 Å². The molecule has 0 heterocycles. The molecule has 1 aliphatic rings. The molecule has 0 saturated heterocycles. The Bertz CT molecular complexity index is 413. The van der Waals surface area contributed by atoms with E-state index < -0.39 is 0 Å². The van der Waals surface area contributed by atoms with Gasteiger partial charge in [-0.15, -0.1) is 0 Å². The summed E-state index contributed by atoms with van der Waals surface area (Å²) in [6.07, 6.45) is 5.00. The summed E-state index contributed by atoms with van der Waals surface area (Å²) in [7, 11) is 3.85. The fourth-order valence-electron chi connectivity index (χ4n) is 3.28. The summed E-state index contributed by atoms with van der Waals surface area (Å²) in [6, 6.07) is 9.32. The molecule has 2 heteroatoms. The van der Waals surface area contributed by atoms with Gasteiger partial charge < -0.3 is 10.1 Å². The predicted molar refractivity (Wildman–Crippen MR) is 80.7 cm³/mol. The third-order valence-corrected chi connectivity index (χ3v) is 4.73. The van der Waals surface area contributed by atoms with Gasteiger partial charge in [0.25, 0.3) is 0 Å². The highest BCUT2D eigenvalue weighted by atomic mass is 16.5. The van der Waals surface area contributed by atoms with E-state index in [0.717, 1.165) is 6.42 Å². The van der Waals surface area contributed by atoms with Crippen LogP contribution in [0.5, 0.6) is 0 Å². The van der Waals surface area contributed by atoms with E-state index >= 15 is 0 Å². The van der Waals surface area contributed by atoms with Crippen molar-refractivity contribution < 1.29 is 4.74 Å². The minimum atomic E-state index is -0.124. The highest BCUT2D eigenvalue weighted by Crippen LogP contribution is 2.36. The monoisotopic (exact) mass is 261 g/mol. The van der Waals surface area contributed by atoms with E-state index in [2.05, 4.69) is 43.4 Å². The molecule has 0 bridgehead atoms. The maximum Gasteiger partial charge on any atom is 0.0775 e. The van der Waals surface area contributed by atoms with Gasteiger partial charge in [0.2, 0.25) is 0 Å². The molecule has 1 aromatic carbocycles. The molecule has 0 aliphatic heterocycles. The number of hydrogen-bond acceptors (Lipinski definition) is 2. The first-order chi connectivity index (χ1) is 9.08. The Morgan fingerprint density at radius 2 is 2.11 bits per heavy atom. The maximum atomic E-state index is 5.66. The summed E-state index contributed by atoms with van der Waals surface area (Å²) in [5.41, 5.74) is 2.98. The van der Waals surface area contributed by atoms with E-state index in [4.69, 9.17) is 4.74 Å². The van der Waals surface area contributed by atoms with Crippen molar-refractivity contribution in [2.75, 3.05) is 14.2 Å². The van der Waals surface area contributed by atoms with E-state index in [-0.39, 0.29) is 5.60 Å². The van der Waals surface area contributed by atoms with Gasteiger partial charge in [-0.3, -0.25) is 0 Å². The van der Waals surface area contributed by atoms with Gasteiger partial charge >= 0.3 is 0 Å². The Kier molecular flexibility index (Phi) is 4.64. The van der Waals surface area contributed by atoms with Gasteiger partial charge in [0.1, 0.15) is 0 Å². The van der Waals surface area contributed by atoms with Crippen LogP contribution in [0.15, 0.2) is 24.3 Å². The van der Waals surface area contributed by atoms with Crippen LogP contribution in [0.25, 0.3) is 0 Å². The molecular formula is C17H27NO. The lowest BCUT2D eigenvalue weighted by molar-refractivity contribution is -0.0127. The summed E-state index contributed by atoms with van der Waals surface area (Å²) in [5, 5.41) is 3.45. The molecule has 0 fully saturated rings. The molecular weight excluding hydrogens is 234 g/mol. The van der Waals surface area contributed by atoms with Crippen LogP contribution in [-0.2, 0) is 11.2 Å². The highest BCUT2D eigenvalue weighted by molar-refractivity contribution is 5.32. The standard InChI is InChI=1S/C17H27NO/c1-17(2,19-4)16(18-3)12-14-10-7-9-13-8-5-6-11-15(13)14/h5-6,8,11,14,16,18H,7,9-10,12H2,1-4H3. The highest BCUT2D eigenvalue weighted by Gasteiger charge is 2.32. The molecule has 1 N–H and O–H groups in total. The number of methoxy groups -OCH3 is 1. The Hall–Kier alpha value is -0.860. The summed E-state index contributed by atoms with van der Waals surface area (Å²) >= 11 is 0. The van der Waals surface area contributed by atoms with E-state index in [9.17, 15) is 0 Å². The van der Waals surface area contributed by atoms with Gasteiger partial charge in [-0.05, 0) is 63.6 Å². The largest absolute Gasteiger partial charge is 0.377 e. The zero-order valence-corrected chi connectivity index (χ0v) is 12.7. The third-order valence-electron chi connectivity index (χ3n) is 4.73. The number of nitrogens with one attached hydrogen (secondary N) is 1. The zero-order chi connectivity index (χ0) is 13.9. The van der Waals surface area contributed by atoms with Crippen molar-refractivity contribution in [3.8, 4) is 0 Å². The normalized spacial score (nSPS) is 20.9. The molecule has 2 unspecified atom stereocenters. The van der Waals surface area contributed by atoms with Crippen LogP contribution in [0.1, 0.15) is 50.2 Å². The number of benzene rings is 1. The van der Waals surface area contributed by atoms with Crippen molar-refractivity contribution in [3.63, 3.8) is 0 Å². The van der Waals surface area contributed by atoms with E-state index in [1.54, 1.807) is 18.2 Å². The molecule has 106 valence electrons. The van der Waals surface area contributed by atoms with E-state index in [1.165, 1.54) is 19.3 Å². The Balaban J connectivity index is 2.15. The molecule has 0 radical (unpaired) electrons. The third kappa shape index (κ3) is 3.18. The maximum absolute atomic E-state index is 5.66. The summed E-state index contributed by atoms with van der Waals surface area (Å²) in [6.45, 7) is 4.34. The Morgan fingerprint density at radius 3 is 2.79 bits per heavy atom. The summed E-state index contributed by atoms with van der Waals surface area (Å²) in [5.74, 6) is 0.664. The fraction of sp³-hybridized carbons (Fsp3) is 0.647. The summed E-state index contributed by atoms with van der Waals surface area (Å²) < 4.78 is 5.66. The lowest BCUT2D eigenvalue weighted by Gasteiger charge is -2.37. The quantitative estimate of drug-likeness (QED) is 0.876. The minimum absolute atomic E-state index is 0.124. The molecule has 2 nitrogen and oxygen atoms in total. The van der Waals surface area contributed by atoms with Crippen LogP contribution in [0.4, 0.5) is 0 Å². The van der Waals surface area contributed by atoms with Crippen molar-refractivity contribution in [1.82, 2.24) is 5.32 Å². The number of fused-ring (bicyclic) bond motifs is 1. The molecule has 0 saturated carbocycles. The van der Waals surface area contributed by atoms with Crippen molar-refractivity contribution in [2.45, 2.75) is 57.1 Å². The molecule has 1 aromatic rings. The molecule has 0 spiro atoms. The minimum Gasteiger partial charge on any atom is -0.377 e. The molecule has 0 aromatic heterocycles. The van der Waals surface area contributed by atoms with Crippen LogP contribution in [0, 0.1) is 0 Å². The smallest absolute Gasteiger partial charge is 0.0775 e. The Labute approximate surface area is 117 Å². The van der Waals surface area contributed by atoms with Crippen LogP contribution in [0.3, 0.4) is 0 Å². The molecule has 19 heavy (non-hydrogen) atoms. The second kappa shape index (κ2) is 6.06. The van der Waals surface area contributed by atoms with E-state index in [0.29, 0.717) is 12.0 Å². The zero-order valence-electron chi connectivity index (χ0n) is 12.7. The van der Waals surface area contributed by atoms with Crippen molar-refractivity contribution in [2.24, 2.45) is 0 Å². The average Bonchev–Trinajstić information content (AvgIpc) is 2.44. The molecule has 2 atom stereocenters. The van der Waals surface area contributed by atoms with Gasteiger partial charge in [0.15, 0.2) is 0 Å². The van der Waals surface area contributed by atoms with Gasteiger partial charge in [0.05, 0.1) is 5.60 Å². The SMILES string of the molecule is CNC(CC1CCCc2ccccc21)C(C)(C)OC. The van der Waals surface area contributed by atoms with Crippen LogP contribution >= 0.6 is 0 Å². The van der Waals surface area contributed by atoms with Crippen molar-refractivity contribution >= 4 is 0 Å². The first-order valence-electron chi connectivity index (χ1n) is 7.38. The van der Waals surface area contributed by atoms with Gasteiger partial charge in [-0.25, -0.2) is 0 Å². The lowest BCUT2D eigenvalue weighted by Crippen LogP contribution is -2.47. The second-order valence-corrected chi connectivity index (χ2v) is 6.17. The van der Waals surface area contributed by atoms with Gasteiger partial charge in [0, 0.05) is 13.2 Å². The van der Waals surface area contributed by atoms with Crippen LogP contribution in [-0.4, -0.2) is 25.8 Å². The number of aryl methyl sites for hydroxylation is 1. The van der Waals surface area contributed by atoms with Crippen LogP contribution in [0.2, 0.25) is 0 Å². The van der Waals surface area contributed by atoms with Crippen LogP contribution < -0.4 is 5.32 Å². The van der Waals surface area contributed by atoms with E-state index in [1.807, 2.05) is 7.05 Å². The number of rotatable bonds is 5. The molecule has 2 rings (SSSR count). The fourth-order valence-corrected chi connectivity index (χ4v) is 3.28. The molecule has 1 aliphatic carbocycles. The molecule has 0 amide bonds. The predicted octanol–water partition coefficient (Wildman–Crippen LogP) is 3.51.